The van der Waals surface area contributed by atoms with E-state index < -0.39 is 0 Å². The van der Waals surface area contributed by atoms with Gasteiger partial charge in [0.05, 0.1) is 0 Å². The molecule has 1 rings (SSSR count). The topological polar surface area (TPSA) is 15.3 Å². The summed E-state index contributed by atoms with van der Waals surface area (Å²) in [6.07, 6.45) is 5.36. The van der Waals surface area contributed by atoms with E-state index >= 15 is 0 Å². The van der Waals surface area contributed by atoms with Gasteiger partial charge in [-0.2, -0.15) is 0 Å². The summed E-state index contributed by atoms with van der Waals surface area (Å²) in [7, 11) is 0. The van der Waals surface area contributed by atoms with Crippen molar-refractivity contribution in [3.8, 4) is 0 Å². The quantitative estimate of drug-likeness (QED) is 0.642. The third-order valence-corrected chi connectivity index (χ3v) is 3.94. The fraction of sp³-hybridized carbons (Fsp3) is 1.00. The van der Waals surface area contributed by atoms with Crippen LogP contribution in [-0.2, 0) is 0 Å². The van der Waals surface area contributed by atoms with E-state index in [1.165, 1.54) is 45.3 Å². The second-order valence-corrected chi connectivity index (χ2v) is 6.61. The van der Waals surface area contributed by atoms with Crippen LogP contribution in [0.1, 0.15) is 60.3 Å². The maximum atomic E-state index is 3.66. The van der Waals surface area contributed by atoms with Crippen molar-refractivity contribution < 1.29 is 0 Å². The molecule has 1 aliphatic carbocycles. The molecule has 1 unspecified atom stereocenters. The van der Waals surface area contributed by atoms with Crippen molar-refractivity contribution >= 4 is 0 Å². The van der Waals surface area contributed by atoms with Crippen LogP contribution in [0.2, 0.25) is 0 Å². The molecule has 2 heteroatoms. The summed E-state index contributed by atoms with van der Waals surface area (Å²) in [6, 6.07) is 1.62. The first-order chi connectivity index (χ1) is 8.56. The van der Waals surface area contributed by atoms with Crippen molar-refractivity contribution in [1.29, 1.82) is 0 Å². The van der Waals surface area contributed by atoms with Gasteiger partial charge < -0.3 is 5.32 Å². The summed E-state index contributed by atoms with van der Waals surface area (Å²) in [4.78, 5) is 2.73. The summed E-state index contributed by atoms with van der Waals surface area (Å²) in [5, 5.41) is 3.66. The molecule has 0 bridgehead atoms. The molecule has 108 valence electrons. The normalized spacial score (nSPS) is 18.0. The highest BCUT2D eigenvalue weighted by atomic mass is 15.2. The van der Waals surface area contributed by atoms with Gasteiger partial charge in [0.15, 0.2) is 0 Å². The highest BCUT2D eigenvalue weighted by molar-refractivity contribution is 4.82. The van der Waals surface area contributed by atoms with Crippen molar-refractivity contribution in [2.24, 2.45) is 11.8 Å². The molecule has 0 aliphatic heterocycles. The van der Waals surface area contributed by atoms with Crippen LogP contribution in [0.5, 0.6) is 0 Å². The zero-order valence-electron chi connectivity index (χ0n) is 13.2. The highest BCUT2D eigenvalue weighted by Gasteiger charge is 2.23. The minimum atomic E-state index is 0.768. The molecule has 0 aromatic heterocycles. The van der Waals surface area contributed by atoms with Gasteiger partial charge in [0, 0.05) is 25.2 Å². The Hall–Kier alpha value is -0.0800. The molecule has 0 heterocycles. The number of rotatable bonds is 10. The lowest BCUT2D eigenvalue weighted by Crippen LogP contribution is -2.42. The van der Waals surface area contributed by atoms with Gasteiger partial charge in [-0.15, -0.1) is 0 Å². The molecule has 1 aliphatic rings. The second kappa shape index (κ2) is 8.16. The van der Waals surface area contributed by atoms with Crippen LogP contribution >= 0.6 is 0 Å². The molecule has 0 radical (unpaired) electrons. The highest BCUT2D eigenvalue weighted by Crippen LogP contribution is 2.19. The van der Waals surface area contributed by atoms with E-state index in [0.29, 0.717) is 0 Å². The Kier molecular flexibility index (Phi) is 7.25. The fourth-order valence-electron chi connectivity index (χ4n) is 2.77. The Morgan fingerprint density at radius 2 is 1.67 bits per heavy atom. The molecule has 0 aromatic carbocycles. The molecule has 0 aromatic rings. The van der Waals surface area contributed by atoms with Gasteiger partial charge in [0.1, 0.15) is 0 Å². The number of hydrogen-bond acceptors (Lipinski definition) is 2. The molecular weight excluding hydrogens is 220 g/mol. The van der Waals surface area contributed by atoms with Gasteiger partial charge in [-0.05, 0) is 44.1 Å². The van der Waals surface area contributed by atoms with Gasteiger partial charge in [0.25, 0.3) is 0 Å². The van der Waals surface area contributed by atoms with Crippen molar-refractivity contribution in [3.63, 3.8) is 0 Å². The third-order valence-electron chi connectivity index (χ3n) is 3.94. The van der Waals surface area contributed by atoms with Crippen LogP contribution in [0.3, 0.4) is 0 Å². The average molecular weight is 254 g/mol. The maximum Gasteiger partial charge on any atom is 0.00902 e. The molecule has 2 nitrogen and oxygen atoms in total. The van der Waals surface area contributed by atoms with Crippen LogP contribution in [0.15, 0.2) is 0 Å². The van der Waals surface area contributed by atoms with Crippen LogP contribution in [0, 0.1) is 11.8 Å². The standard InChI is InChI=1S/C16H34N2/c1-6-16(7-2)18(11-13(3)4)12-14(5)10-17-15-8-9-15/h13-17H,6-12H2,1-5H3. The summed E-state index contributed by atoms with van der Waals surface area (Å²) in [5.74, 6) is 1.54. The first-order valence-electron chi connectivity index (χ1n) is 8.04. The predicted molar refractivity (Wildman–Crippen MR) is 81.0 cm³/mol. The van der Waals surface area contributed by atoms with Crippen LogP contribution in [-0.4, -0.2) is 36.6 Å². The molecular formula is C16H34N2. The molecule has 0 amide bonds. The van der Waals surface area contributed by atoms with Crippen molar-refractivity contribution in [2.75, 3.05) is 19.6 Å². The molecule has 1 fully saturated rings. The summed E-state index contributed by atoms with van der Waals surface area (Å²) < 4.78 is 0. The minimum Gasteiger partial charge on any atom is -0.314 e. The fourth-order valence-corrected chi connectivity index (χ4v) is 2.77. The molecule has 1 N–H and O–H groups in total. The second-order valence-electron chi connectivity index (χ2n) is 6.61. The van der Waals surface area contributed by atoms with E-state index in [2.05, 4.69) is 44.8 Å². The van der Waals surface area contributed by atoms with Gasteiger partial charge in [-0.3, -0.25) is 4.90 Å². The Morgan fingerprint density at radius 3 is 2.11 bits per heavy atom. The van der Waals surface area contributed by atoms with Crippen LogP contribution in [0.25, 0.3) is 0 Å². The van der Waals surface area contributed by atoms with E-state index in [0.717, 1.165) is 23.9 Å². The lowest BCUT2D eigenvalue weighted by Gasteiger charge is -2.34. The van der Waals surface area contributed by atoms with Gasteiger partial charge >= 0.3 is 0 Å². The Balaban J connectivity index is 2.36. The molecule has 18 heavy (non-hydrogen) atoms. The number of nitrogens with one attached hydrogen (secondary N) is 1. The first-order valence-corrected chi connectivity index (χ1v) is 8.04. The molecule has 1 saturated carbocycles. The minimum absolute atomic E-state index is 0.768. The average Bonchev–Trinajstić information content (AvgIpc) is 3.11. The van der Waals surface area contributed by atoms with Gasteiger partial charge in [-0.1, -0.05) is 34.6 Å². The van der Waals surface area contributed by atoms with E-state index in [4.69, 9.17) is 0 Å². The van der Waals surface area contributed by atoms with Crippen LogP contribution < -0.4 is 5.32 Å². The molecule has 0 spiro atoms. The number of nitrogens with zero attached hydrogens (tertiary/aromatic N) is 1. The first kappa shape index (κ1) is 16.0. The van der Waals surface area contributed by atoms with Crippen molar-refractivity contribution in [3.05, 3.63) is 0 Å². The SMILES string of the molecule is CCC(CC)N(CC(C)C)CC(C)CNC1CC1. The Labute approximate surface area is 115 Å². The Bertz CT molecular complexity index is 207. The smallest absolute Gasteiger partial charge is 0.00902 e. The largest absolute Gasteiger partial charge is 0.314 e. The third kappa shape index (κ3) is 6.19. The van der Waals surface area contributed by atoms with E-state index in [9.17, 15) is 0 Å². The van der Waals surface area contributed by atoms with Crippen molar-refractivity contribution in [1.82, 2.24) is 10.2 Å². The summed E-state index contributed by atoms with van der Waals surface area (Å²) in [6.45, 7) is 15.4. The van der Waals surface area contributed by atoms with Crippen LogP contribution in [0.4, 0.5) is 0 Å². The zero-order valence-corrected chi connectivity index (χ0v) is 13.2. The van der Waals surface area contributed by atoms with Gasteiger partial charge in [0.2, 0.25) is 0 Å². The lowest BCUT2D eigenvalue weighted by molar-refractivity contribution is 0.143. The monoisotopic (exact) mass is 254 g/mol. The number of hydrogen-bond donors (Lipinski definition) is 1. The molecule has 0 saturated heterocycles. The van der Waals surface area contributed by atoms with Gasteiger partial charge in [-0.25, -0.2) is 0 Å². The van der Waals surface area contributed by atoms with Crippen molar-refractivity contribution in [2.45, 2.75) is 72.4 Å². The summed E-state index contributed by atoms with van der Waals surface area (Å²) >= 11 is 0. The predicted octanol–water partition coefficient (Wildman–Crippen LogP) is 3.52. The van der Waals surface area contributed by atoms with E-state index in [-0.39, 0.29) is 0 Å². The maximum absolute atomic E-state index is 3.66. The lowest BCUT2D eigenvalue weighted by atomic mass is 10.0. The molecule has 1 atom stereocenters. The van der Waals surface area contributed by atoms with E-state index in [1.807, 2.05) is 0 Å². The Morgan fingerprint density at radius 1 is 1.06 bits per heavy atom. The zero-order chi connectivity index (χ0) is 13.5. The summed E-state index contributed by atoms with van der Waals surface area (Å²) in [5.41, 5.74) is 0. The van der Waals surface area contributed by atoms with E-state index in [1.54, 1.807) is 0 Å².